The van der Waals surface area contributed by atoms with Crippen molar-refractivity contribution >= 4 is 46.1 Å². The van der Waals surface area contributed by atoms with Gasteiger partial charge in [0, 0.05) is 25.4 Å². The third kappa shape index (κ3) is 4.59. The van der Waals surface area contributed by atoms with E-state index in [-0.39, 0.29) is 11.8 Å². The van der Waals surface area contributed by atoms with Crippen LogP contribution in [0.25, 0.3) is 11.0 Å². The molecule has 142 valence electrons. The molecule has 1 amide bonds. The third-order valence-corrected chi connectivity index (χ3v) is 5.61. The van der Waals surface area contributed by atoms with Crippen molar-refractivity contribution in [3.05, 3.63) is 6.20 Å². The molecule has 1 saturated heterocycles. The van der Waals surface area contributed by atoms with Gasteiger partial charge in [0.2, 0.25) is 5.91 Å². The number of thioether (sulfide) groups is 1. The number of rotatable bonds is 8. The fraction of sp³-hybridized carbons (Fsp3) is 0.647. The first-order valence-electron chi connectivity index (χ1n) is 9.17. The molecule has 0 unspecified atom stereocenters. The first-order valence-corrected chi connectivity index (χ1v) is 10.7. The molecule has 0 bridgehead atoms. The molecular weight excluding hydrogens is 372 g/mol. The van der Waals surface area contributed by atoms with Gasteiger partial charge in [-0.3, -0.25) is 4.79 Å². The first kappa shape index (κ1) is 19.2. The van der Waals surface area contributed by atoms with Crippen LogP contribution >= 0.6 is 23.4 Å². The molecule has 2 aromatic rings. The molecule has 0 aromatic carbocycles. The molecule has 1 fully saturated rings. The van der Waals surface area contributed by atoms with Crippen molar-refractivity contribution < 1.29 is 4.79 Å². The number of nitrogens with one attached hydrogen (secondary N) is 1. The second kappa shape index (κ2) is 9.41. The lowest BCUT2D eigenvalue weighted by atomic mass is 10.1. The standard InChI is InChI=1S/C17H25ClN6OS/c1-2-10-26-17-21-15(23-7-4-3-5-8-23)13-12-20-24(16(13)22-17)9-6-19-14(25)11-18/h12H,2-11H2,1H3,(H,19,25). The lowest BCUT2D eigenvalue weighted by Gasteiger charge is -2.28. The van der Waals surface area contributed by atoms with Crippen LogP contribution in [-0.4, -0.2) is 56.9 Å². The Morgan fingerprint density at radius 2 is 2.12 bits per heavy atom. The summed E-state index contributed by atoms with van der Waals surface area (Å²) in [7, 11) is 0. The summed E-state index contributed by atoms with van der Waals surface area (Å²) in [6.07, 6.45) is 6.59. The monoisotopic (exact) mass is 396 g/mol. The molecule has 2 aromatic heterocycles. The average molecular weight is 397 g/mol. The maximum absolute atomic E-state index is 11.3. The molecule has 0 spiro atoms. The fourth-order valence-electron chi connectivity index (χ4n) is 3.04. The van der Waals surface area contributed by atoms with Gasteiger partial charge in [-0.1, -0.05) is 18.7 Å². The molecule has 1 N–H and O–H groups in total. The summed E-state index contributed by atoms with van der Waals surface area (Å²) in [4.78, 5) is 23.2. The quantitative estimate of drug-likeness (QED) is 0.420. The number of carbonyl (C=O) groups is 1. The van der Waals surface area contributed by atoms with Crippen molar-refractivity contribution in [2.45, 2.75) is 44.3 Å². The van der Waals surface area contributed by atoms with Crippen LogP contribution in [0.15, 0.2) is 11.4 Å². The topological polar surface area (TPSA) is 75.9 Å². The molecule has 7 nitrogen and oxygen atoms in total. The highest BCUT2D eigenvalue weighted by molar-refractivity contribution is 7.99. The molecular formula is C17H25ClN6OS. The van der Waals surface area contributed by atoms with E-state index in [4.69, 9.17) is 21.6 Å². The summed E-state index contributed by atoms with van der Waals surface area (Å²) in [5, 5.41) is 9.04. The number of hydrogen-bond donors (Lipinski definition) is 1. The minimum absolute atomic E-state index is 0.0288. The van der Waals surface area contributed by atoms with E-state index in [9.17, 15) is 4.79 Å². The summed E-state index contributed by atoms with van der Waals surface area (Å²) in [6.45, 7) is 5.24. The lowest BCUT2D eigenvalue weighted by molar-refractivity contribution is -0.118. The van der Waals surface area contributed by atoms with Crippen molar-refractivity contribution in [3.63, 3.8) is 0 Å². The number of nitrogens with zero attached hydrogens (tertiary/aromatic N) is 5. The Morgan fingerprint density at radius 3 is 2.85 bits per heavy atom. The zero-order chi connectivity index (χ0) is 18.4. The second-order valence-electron chi connectivity index (χ2n) is 6.31. The molecule has 3 rings (SSSR count). The van der Waals surface area contributed by atoms with Crippen molar-refractivity contribution in [2.24, 2.45) is 0 Å². The number of carbonyl (C=O) groups excluding carboxylic acids is 1. The van der Waals surface area contributed by atoms with Crippen molar-refractivity contribution in [1.29, 1.82) is 0 Å². The van der Waals surface area contributed by atoms with E-state index in [1.54, 1.807) is 11.8 Å². The Hall–Kier alpha value is -1.54. The number of aromatic nitrogens is 4. The van der Waals surface area contributed by atoms with E-state index in [0.29, 0.717) is 13.1 Å². The van der Waals surface area contributed by atoms with E-state index in [1.807, 2.05) is 10.9 Å². The summed E-state index contributed by atoms with van der Waals surface area (Å²) in [6, 6.07) is 0. The Bertz CT molecular complexity index is 746. The largest absolute Gasteiger partial charge is 0.356 e. The molecule has 1 aliphatic rings. The minimum atomic E-state index is -0.175. The van der Waals surface area contributed by atoms with E-state index in [0.717, 1.165) is 47.3 Å². The molecule has 0 atom stereocenters. The Morgan fingerprint density at radius 1 is 1.31 bits per heavy atom. The number of piperidine rings is 1. The van der Waals surface area contributed by atoms with Crippen LogP contribution in [0.5, 0.6) is 0 Å². The van der Waals surface area contributed by atoms with Crippen molar-refractivity contribution in [3.8, 4) is 0 Å². The Balaban J connectivity index is 1.88. The SMILES string of the molecule is CCCSc1nc(N2CCCCC2)c2cnn(CCNC(=O)CCl)c2n1. The summed E-state index contributed by atoms with van der Waals surface area (Å²) in [5.74, 6) is 1.78. The summed E-state index contributed by atoms with van der Waals surface area (Å²) >= 11 is 7.20. The maximum Gasteiger partial charge on any atom is 0.234 e. The van der Waals surface area contributed by atoms with Crippen LogP contribution < -0.4 is 10.2 Å². The van der Waals surface area contributed by atoms with Crippen LogP contribution in [-0.2, 0) is 11.3 Å². The first-order chi connectivity index (χ1) is 12.7. The fourth-order valence-corrected chi connectivity index (χ4v) is 3.82. The van der Waals surface area contributed by atoms with Crippen LogP contribution in [0.3, 0.4) is 0 Å². The van der Waals surface area contributed by atoms with E-state index >= 15 is 0 Å². The van der Waals surface area contributed by atoms with Crippen LogP contribution in [0.1, 0.15) is 32.6 Å². The van der Waals surface area contributed by atoms with Gasteiger partial charge in [-0.05, 0) is 25.7 Å². The number of halogens is 1. The van der Waals surface area contributed by atoms with Crippen molar-refractivity contribution in [2.75, 3.05) is 36.2 Å². The summed E-state index contributed by atoms with van der Waals surface area (Å²) < 4.78 is 1.84. The van der Waals surface area contributed by atoms with Crippen molar-refractivity contribution in [1.82, 2.24) is 25.1 Å². The third-order valence-electron chi connectivity index (χ3n) is 4.31. The highest BCUT2D eigenvalue weighted by atomic mass is 35.5. The van der Waals surface area contributed by atoms with Gasteiger partial charge in [0.1, 0.15) is 11.7 Å². The van der Waals surface area contributed by atoms with Gasteiger partial charge in [0.05, 0.1) is 18.1 Å². The molecule has 9 heteroatoms. The zero-order valence-electron chi connectivity index (χ0n) is 15.1. The molecule has 1 aliphatic heterocycles. The average Bonchev–Trinajstić information content (AvgIpc) is 3.09. The number of alkyl halides is 1. The summed E-state index contributed by atoms with van der Waals surface area (Å²) in [5.41, 5.74) is 0.833. The molecule has 0 saturated carbocycles. The smallest absolute Gasteiger partial charge is 0.234 e. The van der Waals surface area contributed by atoms with E-state index in [1.165, 1.54) is 19.3 Å². The van der Waals surface area contributed by atoms with Crippen LogP contribution in [0.2, 0.25) is 0 Å². The molecule has 0 aliphatic carbocycles. The molecule has 26 heavy (non-hydrogen) atoms. The predicted molar refractivity (Wildman–Crippen MR) is 106 cm³/mol. The second-order valence-corrected chi connectivity index (χ2v) is 7.64. The number of fused-ring (bicyclic) bond motifs is 1. The van der Waals surface area contributed by atoms with Crippen LogP contribution in [0, 0.1) is 0 Å². The number of amides is 1. The van der Waals surface area contributed by atoms with Gasteiger partial charge in [-0.25, -0.2) is 14.6 Å². The highest BCUT2D eigenvalue weighted by Gasteiger charge is 2.20. The Labute approximate surface area is 162 Å². The van der Waals surface area contributed by atoms with E-state index in [2.05, 4.69) is 22.2 Å². The highest BCUT2D eigenvalue weighted by Crippen LogP contribution is 2.29. The predicted octanol–water partition coefficient (Wildman–Crippen LogP) is 2.67. The van der Waals surface area contributed by atoms with Gasteiger partial charge in [0.25, 0.3) is 0 Å². The molecule has 3 heterocycles. The van der Waals surface area contributed by atoms with Gasteiger partial charge in [-0.2, -0.15) is 5.10 Å². The molecule has 0 radical (unpaired) electrons. The minimum Gasteiger partial charge on any atom is -0.356 e. The number of hydrogen-bond acceptors (Lipinski definition) is 6. The normalized spacial score (nSPS) is 14.8. The van der Waals surface area contributed by atoms with Gasteiger partial charge < -0.3 is 10.2 Å². The zero-order valence-corrected chi connectivity index (χ0v) is 16.7. The maximum atomic E-state index is 11.3. The Kier molecular flexibility index (Phi) is 6.96. The lowest BCUT2D eigenvalue weighted by Crippen LogP contribution is -2.30. The van der Waals surface area contributed by atoms with Gasteiger partial charge >= 0.3 is 0 Å². The van der Waals surface area contributed by atoms with Crippen LogP contribution in [0.4, 0.5) is 5.82 Å². The number of anilines is 1. The van der Waals surface area contributed by atoms with E-state index < -0.39 is 0 Å². The van der Waals surface area contributed by atoms with Gasteiger partial charge in [-0.15, -0.1) is 11.6 Å². The van der Waals surface area contributed by atoms with Gasteiger partial charge in [0.15, 0.2) is 10.8 Å².